The van der Waals surface area contributed by atoms with Gasteiger partial charge >= 0.3 is 0 Å². The molecule has 0 heterocycles. The average molecular weight is 255 g/mol. The third-order valence-electron chi connectivity index (χ3n) is 3.43. The third kappa shape index (κ3) is 2.70. The summed E-state index contributed by atoms with van der Waals surface area (Å²) in [7, 11) is 1.63. The fraction of sp³-hybridized carbons (Fsp3) is 0.571. The molecule has 1 aromatic rings. The lowest BCUT2D eigenvalue weighted by Crippen LogP contribution is -2.35. The Morgan fingerprint density at radius 3 is 2.67 bits per heavy atom. The predicted molar refractivity (Wildman–Crippen MR) is 66.3 cm³/mol. The summed E-state index contributed by atoms with van der Waals surface area (Å²) in [6, 6.07) is 4.02. The maximum absolute atomic E-state index is 13.9. The quantitative estimate of drug-likeness (QED) is 0.843. The Morgan fingerprint density at radius 1 is 1.39 bits per heavy atom. The second-order valence-electron chi connectivity index (χ2n) is 4.72. The predicted octanol–water partition coefficient (Wildman–Crippen LogP) is 3.04. The van der Waals surface area contributed by atoms with Crippen LogP contribution >= 0.6 is 0 Å². The van der Waals surface area contributed by atoms with E-state index in [9.17, 15) is 8.78 Å². The van der Waals surface area contributed by atoms with Crippen molar-refractivity contribution in [3.8, 4) is 0 Å². The highest BCUT2D eigenvalue weighted by molar-refractivity contribution is 5.24. The van der Waals surface area contributed by atoms with Crippen LogP contribution in [0, 0.1) is 17.6 Å². The van der Waals surface area contributed by atoms with E-state index in [0.717, 1.165) is 18.9 Å². The van der Waals surface area contributed by atoms with E-state index in [1.807, 2.05) is 6.92 Å². The van der Waals surface area contributed by atoms with Crippen molar-refractivity contribution in [2.24, 2.45) is 5.92 Å². The molecule has 1 aromatic carbocycles. The van der Waals surface area contributed by atoms with Crippen molar-refractivity contribution in [2.75, 3.05) is 13.7 Å². The molecule has 2 rings (SSSR count). The van der Waals surface area contributed by atoms with Gasteiger partial charge in [0.25, 0.3) is 0 Å². The van der Waals surface area contributed by atoms with Gasteiger partial charge in [-0.1, -0.05) is 19.1 Å². The van der Waals surface area contributed by atoms with Gasteiger partial charge < -0.3 is 10.1 Å². The number of ether oxygens (including phenoxy) is 1. The Morgan fingerprint density at radius 2 is 2.11 bits per heavy atom. The molecule has 0 aliphatic heterocycles. The molecule has 2 nitrogen and oxygen atoms in total. The summed E-state index contributed by atoms with van der Waals surface area (Å²) in [5.74, 6) is -1.13. The van der Waals surface area contributed by atoms with Crippen LogP contribution in [-0.4, -0.2) is 19.8 Å². The lowest BCUT2D eigenvalue weighted by atomic mass is 9.97. The summed E-state index contributed by atoms with van der Waals surface area (Å²) in [6.07, 6.45) is 2.09. The fourth-order valence-corrected chi connectivity index (χ4v) is 2.41. The molecule has 0 saturated heterocycles. The van der Waals surface area contributed by atoms with Gasteiger partial charge in [0.2, 0.25) is 0 Å². The molecule has 0 radical (unpaired) electrons. The zero-order valence-corrected chi connectivity index (χ0v) is 10.7. The third-order valence-corrected chi connectivity index (χ3v) is 3.43. The van der Waals surface area contributed by atoms with Gasteiger partial charge in [-0.2, -0.15) is 0 Å². The smallest absolute Gasteiger partial charge is 0.163 e. The minimum atomic E-state index is -0.805. The van der Waals surface area contributed by atoms with E-state index in [0.29, 0.717) is 18.0 Å². The molecule has 18 heavy (non-hydrogen) atoms. The van der Waals surface area contributed by atoms with Crippen LogP contribution in [0.3, 0.4) is 0 Å². The van der Waals surface area contributed by atoms with E-state index in [1.165, 1.54) is 6.07 Å². The fourth-order valence-electron chi connectivity index (χ4n) is 2.41. The SMILES string of the molecule is CCNC(c1cccc(F)c1F)C(OC)C1CC1. The Kier molecular flexibility index (Phi) is 4.30. The van der Waals surface area contributed by atoms with E-state index in [2.05, 4.69) is 5.32 Å². The molecular formula is C14H19F2NO. The van der Waals surface area contributed by atoms with Crippen LogP contribution in [0.2, 0.25) is 0 Å². The van der Waals surface area contributed by atoms with Crippen LogP contribution < -0.4 is 5.32 Å². The van der Waals surface area contributed by atoms with Crippen molar-refractivity contribution in [1.82, 2.24) is 5.32 Å². The summed E-state index contributed by atoms with van der Waals surface area (Å²) in [5, 5.41) is 3.21. The van der Waals surface area contributed by atoms with Gasteiger partial charge in [0.15, 0.2) is 11.6 Å². The number of halogens is 2. The molecule has 0 bridgehead atoms. The molecule has 0 aromatic heterocycles. The number of methoxy groups -OCH3 is 1. The lowest BCUT2D eigenvalue weighted by Gasteiger charge is -2.27. The summed E-state index contributed by atoms with van der Waals surface area (Å²) in [6.45, 7) is 2.64. The second-order valence-corrected chi connectivity index (χ2v) is 4.72. The largest absolute Gasteiger partial charge is 0.379 e. The van der Waals surface area contributed by atoms with E-state index >= 15 is 0 Å². The highest BCUT2D eigenvalue weighted by Gasteiger charge is 2.38. The maximum Gasteiger partial charge on any atom is 0.163 e. The van der Waals surface area contributed by atoms with E-state index < -0.39 is 11.6 Å². The first-order chi connectivity index (χ1) is 8.69. The van der Waals surface area contributed by atoms with E-state index in [-0.39, 0.29) is 12.1 Å². The molecule has 1 aliphatic carbocycles. The molecular weight excluding hydrogens is 236 g/mol. The standard InChI is InChI=1S/C14H19F2NO/c1-3-17-13(14(18-2)9-7-8-9)10-5-4-6-11(15)12(10)16/h4-6,9,13-14,17H,3,7-8H2,1-2H3. The van der Waals surface area contributed by atoms with Crippen molar-refractivity contribution in [1.29, 1.82) is 0 Å². The molecule has 2 atom stereocenters. The van der Waals surface area contributed by atoms with Crippen LogP contribution in [0.4, 0.5) is 8.78 Å². The van der Waals surface area contributed by atoms with Crippen molar-refractivity contribution < 1.29 is 13.5 Å². The van der Waals surface area contributed by atoms with Gasteiger partial charge in [-0.3, -0.25) is 0 Å². The molecule has 100 valence electrons. The Balaban J connectivity index is 2.30. The van der Waals surface area contributed by atoms with Gasteiger partial charge in [0.1, 0.15) is 0 Å². The summed E-state index contributed by atoms with van der Waals surface area (Å²) in [5.41, 5.74) is 0.357. The first kappa shape index (κ1) is 13.4. The molecule has 0 amide bonds. The van der Waals surface area contributed by atoms with Crippen molar-refractivity contribution in [3.05, 3.63) is 35.4 Å². The van der Waals surface area contributed by atoms with Crippen LogP contribution in [-0.2, 0) is 4.74 Å². The number of likely N-dealkylation sites (N-methyl/N-ethyl adjacent to an activating group) is 1. The van der Waals surface area contributed by atoms with Gasteiger partial charge in [0.05, 0.1) is 12.1 Å². The first-order valence-corrected chi connectivity index (χ1v) is 6.39. The average Bonchev–Trinajstić information content (AvgIpc) is 3.17. The number of hydrogen-bond donors (Lipinski definition) is 1. The molecule has 0 spiro atoms. The summed E-state index contributed by atoms with van der Waals surface area (Å²) < 4.78 is 32.7. The van der Waals surface area contributed by atoms with Crippen molar-refractivity contribution in [2.45, 2.75) is 31.9 Å². The van der Waals surface area contributed by atoms with Crippen LogP contribution in [0.5, 0.6) is 0 Å². The van der Waals surface area contributed by atoms with E-state index in [1.54, 1.807) is 13.2 Å². The number of hydrogen-bond acceptors (Lipinski definition) is 2. The highest BCUT2D eigenvalue weighted by Crippen LogP contribution is 2.40. The Hall–Kier alpha value is -1.00. The number of nitrogens with one attached hydrogen (secondary N) is 1. The zero-order chi connectivity index (χ0) is 13.1. The molecule has 1 aliphatic rings. The van der Waals surface area contributed by atoms with Gasteiger partial charge in [-0.25, -0.2) is 8.78 Å². The minimum Gasteiger partial charge on any atom is -0.379 e. The normalized spacial score (nSPS) is 18.7. The molecule has 1 fully saturated rings. The number of rotatable bonds is 6. The summed E-state index contributed by atoms with van der Waals surface area (Å²) in [4.78, 5) is 0. The Labute approximate surface area is 106 Å². The van der Waals surface area contributed by atoms with E-state index in [4.69, 9.17) is 4.74 Å². The number of benzene rings is 1. The molecule has 1 N–H and O–H groups in total. The van der Waals surface area contributed by atoms with Gasteiger partial charge in [0, 0.05) is 12.7 Å². The highest BCUT2D eigenvalue weighted by atomic mass is 19.2. The summed E-state index contributed by atoms with van der Waals surface area (Å²) >= 11 is 0. The Bertz CT molecular complexity index is 407. The van der Waals surface area contributed by atoms with Crippen molar-refractivity contribution >= 4 is 0 Å². The van der Waals surface area contributed by atoms with Crippen LogP contribution in [0.25, 0.3) is 0 Å². The van der Waals surface area contributed by atoms with Crippen molar-refractivity contribution in [3.63, 3.8) is 0 Å². The monoisotopic (exact) mass is 255 g/mol. The first-order valence-electron chi connectivity index (χ1n) is 6.39. The zero-order valence-electron chi connectivity index (χ0n) is 10.7. The van der Waals surface area contributed by atoms with Crippen LogP contribution in [0.15, 0.2) is 18.2 Å². The van der Waals surface area contributed by atoms with Crippen LogP contribution in [0.1, 0.15) is 31.4 Å². The molecule has 2 unspecified atom stereocenters. The molecule has 1 saturated carbocycles. The lowest BCUT2D eigenvalue weighted by molar-refractivity contribution is 0.0499. The molecule has 4 heteroatoms. The minimum absolute atomic E-state index is 0.0961. The topological polar surface area (TPSA) is 21.3 Å². The van der Waals surface area contributed by atoms with Gasteiger partial charge in [-0.15, -0.1) is 0 Å². The maximum atomic E-state index is 13.9. The van der Waals surface area contributed by atoms with Gasteiger partial charge in [-0.05, 0) is 31.4 Å². The second kappa shape index (κ2) is 5.76.